The Balaban J connectivity index is 1.91. The van der Waals surface area contributed by atoms with Crippen molar-refractivity contribution >= 4 is 32.8 Å². The fraction of sp³-hybridized carbons (Fsp3) is 0.438. The number of benzene rings is 1. The number of fused-ring (bicyclic) bond motifs is 4. The number of carbonyl (C=O) groups excluding carboxylic acids is 1. The Hall–Kier alpha value is -1.33. The van der Waals surface area contributed by atoms with Crippen LogP contribution in [0.15, 0.2) is 27.1 Å². The van der Waals surface area contributed by atoms with Crippen LogP contribution in [0.25, 0.3) is 11.0 Å². The molecular weight excluding hydrogens is 332 g/mol. The molecule has 2 N–H and O–H groups in total. The molecule has 3 fully saturated rings. The van der Waals surface area contributed by atoms with Crippen molar-refractivity contribution in [1.82, 2.24) is 4.90 Å². The highest BCUT2D eigenvalue weighted by Crippen LogP contribution is 2.44. The maximum absolute atomic E-state index is 11.8. The Kier molecular flexibility index (Phi) is 3.08. The van der Waals surface area contributed by atoms with E-state index in [9.17, 15) is 4.79 Å². The Morgan fingerprint density at radius 1 is 1.33 bits per heavy atom. The molecule has 3 aliphatic heterocycles. The van der Waals surface area contributed by atoms with Crippen molar-refractivity contribution in [2.24, 2.45) is 11.7 Å². The van der Waals surface area contributed by atoms with E-state index in [2.05, 4.69) is 20.8 Å². The number of furan rings is 1. The van der Waals surface area contributed by atoms with Crippen LogP contribution in [-0.4, -0.2) is 30.4 Å². The number of piperidine rings is 3. The van der Waals surface area contributed by atoms with E-state index >= 15 is 0 Å². The molecule has 0 saturated carbocycles. The number of nitrogens with zero attached hydrogens (tertiary/aromatic N) is 1. The lowest BCUT2D eigenvalue weighted by Crippen LogP contribution is -2.46. The first kappa shape index (κ1) is 13.3. The minimum Gasteiger partial charge on any atom is -0.451 e. The summed E-state index contributed by atoms with van der Waals surface area (Å²) in [6.07, 6.45) is 2.40. The van der Waals surface area contributed by atoms with Gasteiger partial charge in [0.2, 0.25) is 0 Å². The minimum atomic E-state index is -0.464. The molecule has 4 nitrogen and oxygen atoms in total. The Bertz CT molecular complexity index is 716. The smallest absolute Gasteiger partial charge is 0.284 e. The SMILES string of the molecule is NC(=O)c1oc2ccc(Br)cc2c1[C@@H]1CN2CCC1CC2. The van der Waals surface area contributed by atoms with Crippen molar-refractivity contribution in [3.63, 3.8) is 0 Å². The standard InChI is InChI=1S/C16H17BrN2O2/c17-10-1-2-13-11(7-10)14(15(21-13)16(18)20)12-8-19-5-3-9(12)4-6-19/h1-2,7,9,12H,3-6,8H2,(H2,18,20)/t12-/m1/s1. The van der Waals surface area contributed by atoms with Crippen molar-refractivity contribution in [1.29, 1.82) is 0 Å². The molecule has 4 heterocycles. The second-order valence-corrected chi connectivity index (χ2v) is 7.01. The number of carbonyl (C=O) groups is 1. The summed E-state index contributed by atoms with van der Waals surface area (Å²) in [6, 6.07) is 5.87. The topological polar surface area (TPSA) is 59.5 Å². The quantitative estimate of drug-likeness (QED) is 0.906. The first-order valence-electron chi connectivity index (χ1n) is 7.37. The monoisotopic (exact) mass is 348 g/mol. The summed E-state index contributed by atoms with van der Waals surface area (Å²) < 4.78 is 6.76. The molecule has 3 aliphatic rings. The highest BCUT2D eigenvalue weighted by molar-refractivity contribution is 9.10. The van der Waals surface area contributed by atoms with Gasteiger partial charge in [0.25, 0.3) is 5.91 Å². The molecule has 0 radical (unpaired) electrons. The second-order valence-electron chi connectivity index (χ2n) is 6.09. The van der Waals surface area contributed by atoms with Crippen LogP contribution in [0.3, 0.4) is 0 Å². The third-order valence-corrected chi connectivity index (χ3v) is 5.43. The van der Waals surface area contributed by atoms with E-state index in [1.54, 1.807) is 0 Å². The van der Waals surface area contributed by atoms with Crippen molar-refractivity contribution in [3.8, 4) is 0 Å². The highest BCUT2D eigenvalue weighted by Gasteiger charge is 2.38. The molecule has 1 amide bonds. The van der Waals surface area contributed by atoms with Gasteiger partial charge in [-0.15, -0.1) is 0 Å². The van der Waals surface area contributed by atoms with Gasteiger partial charge in [-0.2, -0.15) is 0 Å². The molecule has 0 aliphatic carbocycles. The van der Waals surface area contributed by atoms with Gasteiger partial charge in [0, 0.05) is 27.9 Å². The molecule has 1 aromatic heterocycles. The Labute approximate surface area is 131 Å². The maximum atomic E-state index is 11.8. The lowest BCUT2D eigenvalue weighted by Gasteiger charge is -2.44. The van der Waals surface area contributed by atoms with E-state index < -0.39 is 5.91 Å². The molecular formula is C16H17BrN2O2. The number of halogens is 1. The summed E-state index contributed by atoms with van der Waals surface area (Å²) >= 11 is 3.51. The summed E-state index contributed by atoms with van der Waals surface area (Å²) in [5, 5.41) is 1.02. The van der Waals surface area contributed by atoms with Gasteiger partial charge in [-0.1, -0.05) is 15.9 Å². The number of amides is 1. The van der Waals surface area contributed by atoms with E-state index in [0.717, 1.165) is 27.6 Å². The molecule has 5 heteroatoms. The van der Waals surface area contributed by atoms with Crippen molar-refractivity contribution < 1.29 is 9.21 Å². The normalized spacial score (nSPS) is 28.1. The largest absolute Gasteiger partial charge is 0.451 e. The zero-order valence-electron chi connectivity index (χ0n) is 11.6. The average Bonchev–Trinajstić information content (AvgIpc) is 2.87. The van der Waals surface area contributed by atoms with Crippen LogP contribution < -0.4 is 5.73 Å². The van der Waals surface area contributed by atoms with Gasteiger partial charge >= 0.3 is 0 Å². The first-order chi connectivity index (χ1) is 10.1. The number of rotatable bonds is 2. The van der Waals surface area contributed by atoms with Gasteiger partial charge in [-0.05, 0) is 50.0 Å². The third kappa shape index (κ3) is 2.10. The van der Waals surface area contributed by atoms with Crippen LogP contribution in [0.2, 0.25) is 0 Å². The molecule has 110 valence electrons. The van der Waals surface area contributed by atoms with E-state index in [1.807, 2.05) is 18.2 Å². The molecule has 1 aromatic carbocycles. The average molecular weight is 349 g/mol. The molecule has 3 saturated heterocycles. The molecule has 0 spiro atoms. The third-order valence-electron chi connectivity index (χ3n) is 4.94. The number of primary amides is 1. The lowest BCUT2D eigenvalue weighted by molar-refractivity contribution is 0.0849. The van der Waals surface area contributed by atoms with Crippen LogP contribution in [0.1, 0.15) is 34.9 Å². The highest BCUT2D eigenvalue weighted by atomic mass is 79.9. The lowest BCUT2D eigenvalue weighted by atomic mass is 9.74. The fourth-order valence-electron chi connectivity index (χ4n) is 3.93. The Morgan fingerprint density at radius 3 is 2.71 bits per heavy atom. The summed E-state index contributed by atoms with van der Waals surface area (Å²) in [6.45, 7) is 3.35. The predicted octanol–water partition coefficient (Wildman–Crippen LogP) is 3.10. The molecule has 1 atom stereocenters. The summed E-state index contributed by atoms with van der Waals surface area (Å²) in [5.74, 6) is 0.869. The van der Waals surface area contributed by atoms with E-state index in [4.69, 9.17) is 10.2 Å². The molecule has 5 rings (SSSR count). The summed E-state index contributed by atoms with van der Waals surface area (Å²) in [5.41, 5.74) is 7.33. The van der Waals surface area contributed by atoms with Crippen molar-refractivity contribution in [2.75, 3.05) is 19.6 Å². The second kappa shape index (κ2) is 4.85. The molecule has 0 unspecified atom stereocenters. The van der Waals surface area contributed by atoms with Crippen molar-refractivity contribution in [2.45, 2.75) is 18.8 Å². The van der Waals surface area contributed by atoms with Gasteiger partial charge in [0.05, 0.1) is 0 Å². The van der Waals surface area contributed by atoms with Gasteiger partial charge < -0.3 is 15.1 Å². The van der Waals surface area contributed by atoms with Crippen molar-refractivity contribution in [3.05, 3.63) is 34.0 Å². The minimum absolute atomic E-state index is 0.349. The molecule has 21 heavy (non-hydrogen) atoms. The van der Waals surface area contributed by atoms with E-state index in [-0.39, 0.29) is 0 Å². The maximum Gasteiger partial charge on any atom is 0.284 e. The van der Waals surface area contributed by atoms with E-state index in [1.165, 1.54) is 25.9 Å². The number of hydrogen-bond donors (Lipinski definition) is 1. The van der Waals surface area contributed by atoms with Crippen LogP contribution in [-0.2, 0) is 0 Å². The van der Waals surface area contributed by atoms with Crippen LogP contribution in [0, 0.1) is 5.92 Å². The van der Waals surface area contributed by atoms with Gasteiger partial charge in [-0.3, -0.25) is 4.79 Å². The van der Waals surface area contributed by atoms with Gasteiger partial charge in [0.15, 0.2) is 5.76 Å². The van der Waals surface area contributed by atoms with Crippen LogP contribution in [0.4, 0.5) is 0 Å². The molecule has 2 aromatic rings. The van der Waals surface area contributed by atoms with Gasteiger partial charge in [-0.25, -0.2) is 0 Å². The number of hydrogen-bond acceptors (Lipinski definition) is 3. The predicted molar refractivity (Wildman–Crippen MR) is 84.3 cm³/mol. The van der Waals surface area contributed by atoms with Gasteiger partial charge in [0.1, 0.15) is 5.58 Å². The molecule has 2 bridgehead atoms. The first-order valence-corrected chi connectivity index (χ1v) is 8.17. The summed E-state index contributed by atoms with van der Waals surface area (Å²) in [4.78, 5) is 14.3. The Morgan fingerprint density at radius 2 is 2.10 bits per heavy atom. The van der Waals surface area contributed by atoms with Crippen LogP contribution in [0.5, 0.6) is 0 Å². The summed E-state index contributed by atoms with van der Waals surface area (Å²) in [7, 11) is 0. The number of nitrogens with two attached hydrogens (primary N) is 1. The zero-order valence-corrected chi connectivity index (χ0v) is 13.2. The zero-order chi connectivity index (χ0) is 14.6. The fourth-order valence-corrected chi connectivity index (χ4v) is 4.29. The van der Waals surface area contributed by atoms with Crippen LogP contribution >= 0.6 is 15.9 Å². The van der Waals surface area contributed by atoms with E-state index in [0.29, 0.717) is 17.6 Å².